The molecule has 2 heterocycles. The van der Waals surface area contributed by atoms with Crippen LogP contribution in [0.4, 0.5) is 0 Å². The maximum absolute atomic E-state index is 6.01. The highest BCUT2D eigenvalue weighted by Crippen LogP contribution is 2.28. The molecule has 0 spiro atoms. The van der Waals surface area contributed by atoms with Crippen LogP contribution in [-0.2, 0) is 6.54 Å². The van der Waals surface area contributed by atoms with Crippen molar-refractivity contribution in [3.8, 4) is 11.6 Å². The van der Waals surface area contributed by atoms with Gasteiger partial charge in [0.2, 0.25) is 5.88 Å². The smallest absolute Gasteiger partial charge is 0.215 e. The van der Waals surface area contributed by atoms with Crippen LogP contribution in [0.25, 0.3) is 0 Å². The lowest BCUT2D eigenvalue weighted by Crippen LogP contribution is -2.45. The Morgan fingerprint density at radius 1 is 1.31 bits per heavy atom. The van der Waals surface area contributed by atoms with E-state index >= 15 is 0 Å². The van der Waals surface area contributed by atoms with Crippen LogP contribution >= 0.6 is 0 Å². The lowest BCUT2D eigenvalue weighted by molar-refractivity contribution is 0.186. The van der Waals surface area contributed by atoms with Crippen LogP contribution in [0.5, 0.6) is 11.6 Å². The van der Waals surface area contributed by atoms with Gasteiger partial charge >= 0.3 is 0 Å². The highest BCUT2D eigenvalue weighted by Gasteiger charge is 2.23. The van der Waals surface area contributed by atoms with Gasteiger partial charge in [0.15, 0.2) is 0 Å². The molecule has 5 nitrogen and oxygen atoms in total. The fourth-order valence-electron chi connectivity index (χ4n) is 3.47. The number of piperazine rings is 1. The molecule has 5 heteroatoms. The standard InChI is InChI=1S/C21H29N3O2/c1-15(2)26-20-8-6-5-7-18(20)19-14-24(10-9-22-19)13-17-11-16(3)21(25-4)23-12-17/h5-8,11-12,15,19,22H,9-10,13-14H2,1-4H3/t19-/m1/s1. The Hall–Kier alpha value is -2.11. The number of aromatic nitrogens is 1. The quantitative estimate of drug-likeness (QED) is 0.861. The van der Waals surface area contributed by atoms with Gasteiger partial charge in [-0.25, -0.2) is 4.98 Å². The second kappa shape index (κ2) is 8.52. The normalized spacial score (nSPS) is 18.1. The van der Waals surface area contributed by atoms with Crippen LogP contribution < -0.4 is 14.8 Å². The molecule has 140 valence electrons. The van der Waals surface area contributed by atoms with E-state index in [4.69, 9.17) is 9.47 Å². The minimum Gasteiger partial charge on any atom is -0.491 e. The van der Waals surface area contributed by atoms with E-state index in [0.29, 0.717) is 5.88 Å². The molecule has 1 atom stereocenters. The van der Waals surface area contributed by atoms with Gasteiger partial charge in [0, 0.05) is 49.5 Å². The molecule has 3 rings (SSSR count). The highest BCUT2D eigenvalue weighted by atomic mass is 16.5. The number of para-hydroxylation sites is 1. The fraction of sp³-hybridized carbons (Fsp3) is 0.476. The maximum Gasteiger partial charge on any atom is 0.215 e. The molecule has 0 saturated carbocycles. The first-order valence-electron chi connectivity index (χ1n) is 9.27. The van der Waals surface area contributed by atoms with E-state index in [2.05, 4.69) is 53.3 Å². The van der Waals surface area contributed by atoms with E-state index in [1.165, 1.54) is 11.1 Å². The number of hydrogen-bond donors (Lipinski definition) is 1. The molecule has 0 bridgehead atoms. The predicted molar refractivity (Wildman–Crippen MR) is 104 cm³/mol. The van der Waals surface area contributed by atoms with Gasteiger partial charge in [0.05, 0.1) is 13.2 Å². The molecule has 1 aliphatic heterocycles. The first-order valence-corrected chi connectivity index (χ1v) is 9.27. The van der Waals surface area contributed by atoms with Crippen LogP contribution in [0.2, 0.25) is 0 Å². The third-order valence-electron chi connectivity index (χ3n) is 4.60. The summed E-state index contributed by atoms with van der Waals surface area (Å²) >= 11 is 0. The lowest BCUT2D eigenvalue weighted by Gasteiger charge is -2.34. The number of rotatable bonds is 6. The minimum atomic E-state index is 0.171. The molecule has 1 aromatic heterocycles. The largest absolute Gasteiger partial charge is 0.491 e. The molecule has 0 unspecified atom stereocenters. The van der Waals surface area contributed by atoms with Crippen molar-refractivity contribution >= 4 is 0 Å². The second-order valence-electron chi connectivity index (χ2n) is 7.12. The van der Waals surface area contributed by atoms with Gasteiger partial charge in [-0.15, -0.1) is 0 Å². The van der Waals surface area contributed by atoms with Crippen LogP contribution in [0, 0.1) is 6.92 Å². The maximum atomic E-state index is 6.01. The molecule has 1 fully saturated rings. The zero-order valence-corrected chi connectivity index (χ0v) is 16.2. The molecular weight excluding hydrogens is 326 g/mol. The summed E-state index contributed by atoms with van der Waals surface area (Å²) in [5.74, 6) is 1.68. The molecule has 1 aromatic carbocycles. The van der Waals surface area contributed by atoms with Crippen LogP contribution in [-0.4, -0.2) is 42.7 Å². The third-order valence-corrected chi connectivity index (χ3v) is 4.60. The number of aryl methyl sites for hydroxylation is 1. The Labute approximate surface area is 156 Å². The first kappa shape index (κ1) is 18.7. The summed E-state index contributed by atoms with van der Waals surface area (Å²) in [6, 6.07) is 10.8. The molecule has 1 aliphatic rings. The fourth-order valence-corrected chi connectivity index (χ4v) is 3.47. The van der Waals surface area contributed by atoms with E-state index in [1.807, 2.05) is 19.2 Å². The number of nitrogens with one attached hydrogen (secondary N) is 1. The Morgan fingerprint density at radius 3 is 2.85 bits per heavy atom. The van der Waals surface area contributed by atoms with Crippen molar-refractivity contribution < 1.29 is 9.47 Å². The Morgan fingerprint density at radius 2 is 2.12 bits per heavy atom. The van der Waals surface area contributed by atoms with E-state index in [0.717, 1.165) is 37.5 Å². The highest BCUT2D eigenvalue weighted by molar-refractivity contribution is 5.36. The van der Waals surface area contributed by atoms with Gasteiger partial charge < -0.3 is 14.8 Å². The third kappa shape index (κ3) is 4.54. The molecule has 1 N–H and O–H groups in total. The molecule has 0 radical (unpaired) electrons. The monoisotopic (exact) mass is 355 g/mol. The summed E-state index contributed by atoms with van der Waals surface area (Å²) in [4.78, 5) is 6.87. The van der Waals surface area contributed by atoms with Gasteiger partial charge in [0.25, 0.3) is 0 Å². The SMILES string of the molecule is COc1ncc(CN2CCN[C@@H](c3ccccc3OC(C)C)C2)cc1C. The summed E-state index contributed by atoms with van der Waals surface area (Å²) in [6.45, 7) is 9.99. The molecule has 0 aliphatic carbocycles. The lowest BCUT2D eigenvalue weighted by atomic mass is 10.0. The van der Waals surface area contributed by atoms with Crippen molar-refractivity contribution in [2.24, 2.45) is 0 Å². The minimum absolute atomic E-state index is 0.171. The van der Waals surface area contributed by atoms with E-state index in [9.17, 15) is 0 Å². The van der Waals surface area contributed by atoms with Gasteiger partial charge in [-0.2, -0.15) is 0 Å². The van der Waals surface area contributed by atoms with Crippen molar-refractivity contribution in [1.82, 2.24) is 15.2 Å². The topological polar surface area (TPSA) is 46.6 Å². The molecular formula is C21H29N3O2. The zero-order valence-electron chi connectivity index (χ0n) is 16.2. The van der Waals surface area contributed by atoms with Crippen molar-refractivity contribution in [2.45, 2.75) is 39.5 Å². The van der Waals surface area contributed by atoms with Crippen molar-refractivity contribution in [3.63, 3.8) is 0 Å². The Kier molecular flexibility index (Phi) is 6.12. The van der Waals surface area contributed by atoms with Crippen molar-refractivity contribution in [3.05, 3.63) is 53.2 Å². The molecule has 1 saturated heterocycles. The zero-order chi connectivity index (χ0) is 18.5. The average molecular weight is 355 g/mol. The van der Waals surface area contributed by atoms with Gasteiger partial charge in [-0.05, 0) is 38.5 Å². The van der Waals surface area contributed by atoms with E-state index < -0.39 is 0 Å². The molecule has 26 heavy (non-hydrogen) atoms. The summed E-state index contributed by atoms with van der Waals surface area (Å²) in [6.07, 6.45) is 2.09. The van der Waals surface area contributed by atoms with Gasteiger partial charge in [-0.3, -0.25) is 4.90 Å². The average Bonchev–Trinajstić information content (AvgIpc) is 2.62. The van der Waals surface area contributed by atoms with Gasteiger partial charge in [0.1, 0.15) is 5.75 Å². The van der Waals surface area contributed by atoms with E-state index in [-0.39, 0.29) is 12.1 Å². The van der Waals surface area contributed by atoms with Crippen molar-refractivity contribution in [2.75, 3.05) is 26.7 Å². The number of pyridine rings is 1. The summed E-state index contributed by atoms with van der Waals surface area (Å²) in [5.41, 5.74) is 3.53. The molecule has 0 amide bonds. The number of benzene rings is 1. The molecule has 2 aromatic rings. The first-order chi connectivity index (χ1) is 12.6. The summed E-state index contributed by atoms with van der Waals surface area (Å²) < 4.78 is 11.3. The number of nitrogens with zero attached hydrogens (tertiary/aromatic N) is 2. The number of hydrogen-bond acceptors (Lipinski definition) is 5. The number of methoxy groups -OCH3 is 1. The summed E-state index contributed by atoms with van der Waals surface area (Å²) in [7, 11) is 1.66. The van der Waals surface area contributed by atoms with Crippen LogP contribution in [0.3, 0.4) is 0 Å². The Balaban J connectivity index is 1.71. The van der Waals surface area contributed by atoms with Gasteiger partial charge in [-0.1, -0.05) is 18.2 Å². The summed E-state index contributed by atoms with van der Waals surface area (Å²) in [5, 5.41) is 3.64. The second-order valence-corrected chi connectivity index (χ2v) is 7.12. The number of ether oxygens (including phenoxy) is 2. The predicted octanol–water partition coefficient (Wildman–Crippen LogP) is 3.33. The van der Waals surface area contributed by atoms with Crippen molar-refractivity contribution in [1.29, 1.82) is 0 Å². The van der Waals surface area contributed by atoms with Crippen LogP contribution in [0.1, 0.15) is 36.6 Å². The Bertz CT molecular complexity index is 733. The van der Waals surface area contributed by atoms with Crippen LogP contribution in [0.15, 0.2) is 36.5 Å². The van der Waals surface area contributed by atoms with E-state index in [1.54, 1.807) is 7.11 Å².